The van der Waals surface area contributed by atoms with E-state index in [1.807, 2.05) is 0 Å². The van der Waals surface area contributed by atoms with Crippen LogP contribution in [0.1, 0.15) is 12.6 Å². The predicted molar refractivity (Wildman–Crippen MR) is 69.1 cm³/mol. The molecule has 0 bridgehead atoms. The lowest BCUT2D eigenvalue weighted by atomic mass is 9.87. The summed E-state index contributed by atoms with van der Waals surface area (Å²) < 4.78 is 39.0. The molecule has 7 heteroatoms. The number of anilines is 1. The van der Waals surface area contributed by atoms with E-state index in [9.17, 15) is 13.2 Å². The highest BCUT2D eigenvalue weighted by molar-refractivity contribution is 7.18. The van der Waals surface area contributed by atoms with Gasteiger partial charge >= 0.3 is 0 Å². The van der Waals surface area contributed by atoms with Crippen LogP contribution in [-0.2, 0) is 5.41 Å². The summed E-state index contributed by atoms with van der Waals surface area (Å²) in [6.45, 7) is -0.0171. The van der Waals surface area contributed by atoms with Crippen LogP contribution in [0.5, 0.6) is 0 Å². The Bertz CT molecular complexity index is 573. The van der Waals surface area contributed by atoms with Crippen LogP contribution in [0.25, 0.3) is 10.4 Å². The number of halogens is 3. The first kappa shape index (κ1) is 13.8. The number of hydrogen-bond donors (Lipinski definition) is 1. The Morgan fingerprint density at radius 1 is 1.42 bits per heavy atom. The SMILES string of the molecule is CC(CF)(c1cc(-c2cnc(N)s2)ccn1)C(F)F. The Morgan fingerprint density at radius 3 is 2.68 bits per heavy atom. The molecule has 0 aliphatic rings. The average Bonchev–Trinajstić information content (AvgIpc) is 2.84. The molecule has 0 amide bonds. The zero-order valence-electron chi connectivity index (χ0n) is 10.1. The van der Waals surface area contributed by atoms with Crippen LogP contribution in [0.2, 0.25) is 0 Å². The molecule has 0 aromatic carbocycles. The Hall–Kier alpha value is -1.63. The molecular formula is C12H12F3N3S. The van der Waals surface area contributed by atoms with Gasteiger partial charge in [-0.25, -0.2) is 18.2 Å². The molecule has 2 N–H and O–H groups in total. The third-order valence-corrected chi connectivity index (χ3v) is 3.79. The molecule has 3 nitrogen and oxygen atoms in total. The van der Waals surface area contributed by atoms with Gasteiger partial charge in [0.15, 0.2) is 5.13 Å². The van der Waals surface area contributed by atoms with Crippen molar-refractivity contribution < 1.29 is 13.2 Å². The van der Waals surface area contributed by atoms with Crippen molar-refractivity contribution in [2.45, 2.75) is 18.8 Å². The zero-order valence-corrected chi connectivity index (χ0v) is 10.9. The van der Waals surface area contributed by atoms with Crippen molar-refractivity contribution in [2.24, 2.45) is 0 Å². The van der Waals surface area contributed by atoms with Gasteiger partial charge in [-0.05, 0) is 24.6 Å². The van der Waals surface area contributed by atoms with Gasteiger partial charge in [0.2, 0.25) is 0 Å². The van der Waals surface area contributed by atoms with Crippen LogP contribution < -0.4 is 5.73 Å². The lowest BCUT2D eigenvalue weighted by molar-refractivity contribution is 0.0415. The van der Waals surface area contributed by atoms with Crippen molar-refractivity contribution in [3.63, 3.8) is 0 Å². The summed E-state index contributed by atoms with van der Waals surface area (Å²) >= 11 is 1.23. The number of nitrogens with zero attached hydrogens (tertiary/aromatic N) is 2. The fourth-order valence-corrected chi connectivity index (χ4v) is 2.24. The smallest absolute Gasteiger partial charge is 0.251 e. The number of pyridine rings is 1. The molecule has 0 aliphatic heterocycles. The summed E-state index contributed by atoms with van der Waals surface area (Å²) in [5.41, 5.74) is 4.30. The molecule has 2 heterocycles. The van der Waals surface area contributed by atoms with Gasteiger partial charge in [0, 0.05) is 12.4 Å². The lowest BCUT2D eigenvalue weighted by Gasteiger charge is -2.24. The maximum Gasteiger partial charge on any atom is 0.251 e. The van der Waals surface area contributed by atoms with Gasteiger partial charge in [0.25, 0.3) is 6.43 Å². The molecule has 1 unspecified atom stereocenters. The second-order valence-electron chi connectivity index (χ2n) is 4.34. The second kappa shape index (κ2) is 5.16. The van der Waals surface area contributed by atoms with Crippen LogP contribution in [0.4, 0.5) is 18.3 Å². The molecule has 2 rings (SSSR count). The fourth-order valence-electron chi connectivity index (χ4n) is 1.56. The average molecular weight is 287 g/mol. The number of hydrogen-bond acceptors (Lipinski definition) is 4. The third kappa shape index (κ3) is 2.56. The van der Waals surface area contributed by atoms with Crippen LogP contribution in [0.15, 0.2) is 24.5 Å². The van der Waals surface area contributed by atoms with E-state index in [4.69, 9.17) is 5.73 Å². The van der Waals surface area contributed by atoms with Gasteiger partial charge in [0.05, 0.1) is 16.0 Å². The van der Waals surface area contributed by atoms with Gasteiger partial charge < -0.3 is 5.73 Å². The first-order valence-corrected chi connectivity index (χ1v) is 6.31. The standard InChI is InChI=1S/C12H12F3N3S/c1-12(6-13,10(14)15)9-4-7(2-3-17-9)8-5-18-11(16)19-8/h2-5,10H,6H2,1H3,(H2,16,18). The van der Waals surface area contributed by atoms with Gasteiger partial charge in [-0.3, -0.25) is 4.98 Å². The molecule has 19 heavy (non-hydrogen) atoms. The van der Waals surface area contributed by atoms with E-state index >= 15 is 0 Å². The summed E-state index contributed by atoms with van der Waals surface area (Å²) in [7, 11) is 0. The number of rotatable bonds is 4. The number of thiazole rings is 1. The normalized spacial score (nSPS) is 14.6. The first-order chi connectivity index (χ1) is 8.97. The van der Waals surface area contributed by atoms with Gasteiger partial charge in [-0.1, -0.05) is 11.3 Å². The molecule has 0 aliphatic carbocycles. The Labute approximate surface area is 112 Å². The molecule has 2 aromatic heterocycles. The van der Waals surface area contributed by atoms with Gasteiger partial charge in [-0.2, -0.15) is 0 Å². The van der Waals surface area contributed by atoms with E-state index in [1.165, 1.54) is 23.6 Å². The maximum absolute atomic E-state index is 13.0. The molecule has 0 saturated carbocycles. The topological polar surface area (TPSA) is 51.8 Å². The van der Waals surface area contributed by atoms with Crippen molar-refractivity contribution in [1.29, 1.82) is 0 Å². The predicted octanol–water partition coefficient (Wildman–Crippen LogP) is 3.28. The monoisotopic (exact) mass is 287 g/mol. The quantitative estimate of drug-likeness (QED) is 0.939. The van der Waals surface area contributed by atoms with E-state index < -0.39 is 18.5 Å². The van der Waals surface area contributed by atoms with Crippen molar-refractivity contribution >= 4 is 16.5 Å². The fraction of sp³-hybridized carbons (Fsp3) is 0.333. The summed E-state index contributed by atoms with van der Waals surface area (Å²) in [5, 5.41) is 0.385. The van der Waals surface area contributed by atoms with Crippen molar-refractivity contribution in [1.82, 2.24) is 9.97 Å². The van der Waals surface area contributed by atoms with Crippen LogP contribution >= 0.6 is 11.3 Å². The molecule has 2 aromatic rings. The first-order valence-electron chi connectivity index (χ1n) is 5.49. The summed E-state index contributed by atoms with van der Waals surface area (Å²) in [4.78, 5) is 8.50. The molecule has 1 atom stereocenters. The largest absolute Gasteiger partial charge is 0.375 e. The Kier molecular flexibility index (Phi) is 3.75. The highest BCUT2D eigenvalue weighted by Gasteiger charge is 2.38. The number of alkyl halides is 3. The molecule has 102 valence electrons. The Balaban J connectivity index is 2.44. The number of nitrogens with two attached hydrogens (primary N) is 1. The van der Waals surface area contributed by atoms with Crippen molar-refractivity contribution in [3.05, 3.63) is 30.2 Å². The molecule has 0 fully saturated rings. The summed E-state index contributed by atoms with van der Waals surface area (Å²) in [6.07, 6.45) is 0.109. The maximum atomic E-state index is 13.0. The van der Waals surface area contributed by atoms with Crippen LogP contribution in [-0.4, -0.2) is 23.1 Å². The minimum atomic E-state index is -2.83. The van der Waals surface area contributed by atoms with Gasteiger partial charge in [-0.15, -0.1) is 0 Å². The van der Waals surface area contributed by atoms with E-state index in [0.717, 1.165) is 11.8 Å². The van der Waals surface area contributed by atoms with E-state index in [-0.39, 0.29) is 5.69 Å². The van der Waals surface area contributed by atoms with E-state index in [0.29, 0.717) is 10.7 Å². The highest BCUT2D eigenvalue weighted by Crippen LogP contribution is 2.34. The lowest BCUT2D eigenvalue weighted by Crippen LogP contribution is -2.34. The second-order valence-corrected chi connectivity index (χ2v) is 5.41. The molecular weight excluding hydrogens is 275 g/mol. The summed E-state index contributed by atoms with van der Waals surface area (Å²) in [5.74, 6) is 0. The summed E-state index contributed by atoms with van der Waals surface area (Å²) in [6, 6.07) is 3.11. The molecule has 0 saturated heterocycles. The third-order valence-electron chi connectivity index (χ3n) is 2.91. The van der Waals surface area contributed by atoms with Gasteiger partial charge in [0.1, 0.15) is 6.67 Å². The van der Waals surface area contributed by atoms with Crippen LogP contribution in [0, 0.1) is 0 Å². The number of nitrogen functional groups attached to an aromatic ring is 1. The highest BCUT2D eigenvalue weighted by atomic mass is 32.1. The van der Waals surface area contributed by atoms with E-state index in [2.05, 4.69) is 9.97 Å². The molecule has 0 spiro atoms. The minimum Gasteiger partial charge on any atom is -0.375 e. The number of aromatic nitrogens is 2. The van der Waals surface area contributed by atoms with Crippen molar-refractivity contribution in [3.8, 4) is 10.4 Å². The van der Waals surface area contributed by atoms with E-state index in [1.54, 1.807) is 12.3 Å². The Morgan fingerprint density at radius 2 is 2.16 bits per heavy atom. The molecule has 0 radical (unpaired) electrons. The minimum absolute atomic E-state index is 0.0227. The van der Waals surface area contributed by atoms with Crippen molar-refractivity contribution in [2.75, 3.05) is 12.4 Å². The zero-order chi connectivity index (χ0) is 14.0. The van der Waals surface area contributed by atoms with Crippen LogP contribution in [0.3, 0.4) is 0 Å².